The second-order valence-corrected chi connectivity index (χ2v) is 9.98. The summed E-state index contributed by atoms with van der Waals surface area (Å²) >= 11 is 0. The van der Waals surface area contributed by atoms with Gasteiger partial charge in [-0.3, -0.25) is 23.7 Å². The van der Waals surface area contributed by atoms with Gasteiger partial charge in [-0.15, -0.1) is 0 Å². The number of nitrogens with zero attached hydrogens (tertiary/aromatic N) is 3. The largest absolute Gasteiger partial charge is 0.493 e. The number of pyridine rings is 1. The standard InChI is InChI=1S/C33H26N4O6/c1-42-28-16-22-25(17-29(28)43-2)34-18-35-30(22)31(39)19-11-13-20(14-12-19)36-32(40)24-15-23-26(9-6-10-27(23)38)37(33(24)41)21-7-4-3-5-8-21/h3-5,7-8,11-18H,6,9-10H2,1-2H3,(H,36,40). The molecule has 0 unspecified atom stereocenters. The highest BCUT2D eigenvalue weighted by molar-refractivity contribution is 6.15. The van der Waals surface area contributed by atoms with Gasteiger partial charge >= 0.3 is 0 Å². The zero-order valence-electron chi connectivity index (χ0n) is 23.4. The molecule has 5 aromatic rings. The normalized spacial score (nSPS) is 12.5. The molecule has 0 saturated carbocycles. The Hall–Kier alpha value is -5.64. The Labute approximate surface area is 245 Å². The van der Waals surface area contributed by atoms with Crippen LogP contribution in [0.3, 0.4) is 0 Å². The SMILES string of the molecule is COc1cc2ncnc(C(=O)c3ccc(NC(=O)c4cc5c(n(-c6ccccc6)c4=O)CCCC5=O)cc3)c2cc1OC. The fourth-order valence-electron chi connectivity index (χ4n) is 5.31. The van der Waals surface area contributed by atoms with Gasteiger partial charge in [0.15, 0.2) is 17.3 Å². The van der Waals surface area contributed by atoms with E-state index in [0.717, 1.165) is 0 Å². The van der Waals surface area contributed by atoms with Crippen molar-refractivity contribution in [2.75, 3.05) is 19.5 Å². The van der Waals surface area contributed by atoms with Gasteiger partial charge in [0, 0.05) is 46.1 Å². The Kier molecular flexibility index (Phi) is 7.25. The molecule has 0 aliphatic heterocycles. The van der Waals surface area contributed by atoms with Crippen molar-refractivity contribution in [2.45, 2.75) is 19.3 Å². The minimum atomic E-state index is -0.655. The van der Waals surface area contributed by atoms with Gasteiger partial charge < -0.3 is 14.8 Å². The molecule has 0 spiro atoms. The predicted octanol–water partition coefficient (Wildman–Crippen LogP) is 4.80. The van der Waals surface area contributed by atoms with E-state index < -0.39 is 11.5 Å². The molecule has 0 atom stereocenters. The Bertz CT molecular complexity index is 1970. The van der Waals surface area contributed by atoms with Gasteiger partial charge in [0.25, 0.3) is 11.5 Å². The second kappa shape index (κ2) is 11.3. The minimum absolute atomic E-state index is 0.101. The molecule has 2 aromatic heterocycles. The number of carbonyl (C=O) groups excluding carboxylic acids is 3. The van der Waals surface area contributed by atoms with Crippen LogP contribution in [0, 0.1) is 0 Å². The third-order valence-corrected chi connectivity index (χ3v) is 7.44. The first-order valence-corrected chi connectivity index (χ1v) is 13.6. The molecule has 43 heavy (non-hydrogen) atoms. The number of para-hydroxylation sites is 1. The quantitative estimate of drug-likeness (QED) is 0.275. The highest BCUT2D eigenvalue weighted by atomic mass is 16.5. The van der Waals surface area contributed by atoms with E-state index in [2.05, 4.69) is 15.3 Å². The molecule has 3 aromatic carbocycles. The van der Waals surface area contributed by atoms with E-state index in [-0.39, 0.29) is 22.8 Å². The Morgan fingerprint density at radius 2 is 1.58 bits per heavy atom. The van der Waals surface area contributed by atoms with E-state index in [1.54, 1.807) is 60.7 Å². The van der Waals surface area contributed by atoms with Crippen LogP contribution in [0.15, 0.2) is 83.9 Å². The van der Waals surface area contributed by atoms with Crippen LogP contribution in [0.2, 0.25) is 0 Å². The number of nitrogens with one attached hydrogen (secondary N) is 1. The molecule has 214 valence electrons. The van der Waals surface area contributed by atoms with E-state index in [9.17, 15) is 19.2 Å². The summed E-state index contributed by atoms with van der Waals surface area (Å²) in [5, 5.41) is 3.23. The molecule has 6 rings (SSSR count). The van der Waals surface area contributed by atoms with E-state index in [1.165, 1.54) is 31.2 Å². The number of hydrogen-bond donors (Lipinski definition) is 1. The Balaban J connectivity index is 1.30. The fourth-order valence-corrected chi connectivity index (χ4v) is 5.31. The zero-order valence-corrected chi connectivity index (χ0v) is 23.4. The lowest BCUT2D eigenvalue weighted by atomic mass is 9.92. The summed E-state index contributed by atoms with van der Waals surface area (Å²) in [6.07, 6.45) is 2.87. The maximum atomic E-state index is 13.6. The molecule has 10 nitrogen and oxygen atoms in total. The lowest BCUT2D eigenvalue weighted by Gasteiger charge is -2.21. The van der Waals surface area contributed by atoms with Crippen LogP contribution in [0.1, 0.15) is 55.3 Å². The molecular formula is C33H26N4O6. The number of rotatable bonds is 7. The van der Waals surface area contributed by atoms with Crippen molar-refractivity contribution in [3.8, 4) is 17.2 Å². The Morgan fingerprint density at radius 1 is 0.860 bits per heavy atom. The molecule has 0 bridgehead atoms. The van der Waals surface area contributed by atoms with Crippen molar-refractivity contribution in [3.05, 3.63) is 118 Å². The van der Waals surface area contributed by atoms with Gasteiger partial charge in [-0.1, -0.05) is 18.2 Å². The van der Waals surface area contributed by atoms with E-state index in [4.69, 9.17) is 9.47 Å². The number of Topliss-reactive ketones (excluding diaryl/α,β-unsaturated/α-hetero) is 1. The van der Waals surface area contributed by atoms with Crippen molar-refractivity contribution in [1.82, 2.24) is 14.5 Å². The highest BCUT2D eigenvalue weighted by Crippen LogP contribution is 2.33. The van der Waals surface area contributed by atoms with Crippen molar-refractivity contribution >= 4 is 34.1 Å². The lowest BCUT2D eigenvalue weighted by Crippen LogP contribution is -2.33. The van der Waals surface area contributed by atoms with Crippen molar-refractivity contribution < 1.29 is 23.9 Å². The number of ketones is 2. The molecular weight excluding hydrogens is 548 g/mol. The first-order chi connectivity index (χ1) is 20.9. The van der Waals surface area contributed by atoms with Gasteiger partial charge in [-0.25, -0.2) is 9.97 Å². The second-order valence-electron chi connectivity index (χ2n) is 9.98. The molecule has 1 aliphatic carbocycles. The number of anilines is 1. The van der Waals surface area contributed by atoms with Crippen LogP contribution in [0.5, 0.6) is 11.5 Å². The highest BCUT2D eigenvalue weighted by Gasteiger charge is 2.26. The summed E-state index contributed by atoms with van der Waals surface area (Å²) < 4.78 is 12.2. The van der Waals surface area contributed by atoms with Crippen molar-refractivity contribution in [3.63, 3.8) is 0 Å². The molecule has 1 aliphatic rings. The summed E-state index contributed by atoms with van der Waals surface area (Å²) in [4.78, 5) is 61.6. The molecule has 1 N–H and O–H groups in total. The van der Waals surface area contributed by atoms with Gasteiger partial charge in [0.1, 0.15) is 17.6 Å². The van der Waals surface area contributed by atoms with E-state index in [1.807, 2.05) is 6.07 Å². The summed E-state index contributed by atoms with van der Waals surface area (Å²) in [6.45, 7) is 0. The third-order valence-electron chi connectivity index (χ3n) is 7.44. The predicted molar refractivity (Wildman–Crippen MR) is 160 cm³/mol. The minimum Gasteiger partial charge on any atom is -0.493 e. The van der Waals surface area contributed by atoms with E-state index >= 15 is 0 Å². The number of ether oxygens (including phenoxy) is 2. The van der Waals surface area contributed by atoms with Gasteiger partial charge in [-0.05, 0) is 61.4 Å². The van der Waals surface area contributed by atoms with Gasteiger partial charge in [-0.2, -0.15) is 0 Å². The molecule has 10 heteroatoms. The third kappa shape index (κ3) is 5.03. The average molecular weight is 575 g/mol. The summed E-state index contributed by atoms with van der Waals surface area (Å²) in [7, 11) is 3.02. The van der Waals surface area contributed by atoms with Crippen LogP contribution < -0.4 is 20.3 Å². The van der Waals surface area contributed by atoms with Crippen molar-refractivity contribution in [1.29, 1.82) is 0 Å². The monoisotopic (exact) mass is 574 g/mol. The van der Waals surface area contributed by atoms with Crippen LogP contribution in [0.4, 0.5) is 5.69 Å². The summed E-state index contributed by atoms with van der Waals surface area (Å²) in [5.74, 6) is -0.191. The van der Waals surface area contributed by atoms with Crippen LogP contribution in [0.25, 0.3) is 16.6 Å². The number of fused-ring (bicyclic) bond motifs is 2. The van der Waals surface area contributed by atoms with Crippen LogP contribution in [-0.2, 0) is 6.42 Å². The number of amides is 1. The maximum absolute atomic E-state index is 13.6. The summed E-state index contributed by atoms with van der Waals surface area (Å²) in [5.41, 5.74) is 2.33. The Morgan fingerprint density at radius 3 is 2.30 bits per heavy atom. The van der Waals surface area contributed by atoms with Gasteiger partial charge in [0.05, 0.1) is 19.7 Å². The number of aromatic nitrogens is 3. The van der Waals surface area contributed by atoms with Gasteiger partial charge in [0.2, 0.25) is 5.78 Å². The molecule has 0 saturated heterocycles. The molecule has 1 amide bonds. The van der Waals surface area contributed by atoms with Crippen molar-refractivity contribution in [2.24, 2.45) is 0 Å². The lowest BCUT2D eigenvalue weighted by molar-refractivity contribution is 0.0970. The maximum Gasteiger partial charge on any atom is 0.268 e. The van der Waals surface area contributed by atoms with Crippen LogP contribution in [-0.4, -0.2) is 46.2 Å². The number of methoxy groups -OCH3 is 2. The van der Waals surface area contributed by atoms with E-state index in [0.29, 0.717) is 69.9 Å². The molecule has 2 heterocycles. The average Bonchev–Trinajstić information content (AvgIpc) is 3.04. The topological polar surface area (TPSA) is 129 Å². The first kappa shape index (κ1) is 27.5. The number of carbonyl (C=O) groups is 3. The smallest absolute Gasteiger partial charge is 0.268 e. The molecule has 0 fully saturated rings. The zero-order chi connectivity index (χ0) is 30.1. The number of benzene rings is 3. The fraction of sp³-hybridized carbons (Fsp3) is 0.152. The molecule has 0 radical (unpaired) electrons. The first-order valence-electron chi connectivity index (χ1n) is 13.6. The summed E-state index contributed by atoms with van der Waals surface area (Å²) in [6, 6.07) is 19.9. The number of hydrogen-bond acceptors (Lipinski definition) is 8. The van der Waals surface area contributed by atoms with Crippen LogP contribution >= 0.6 is 0 Å².